The molecule has 0 atom stereocenters. The standard InChI is InChI=1S/C29H32N4O5S2/c1-20(2)33(19-22-8-6-5-7-9-22)40(36,37)25-13-10-23(11-14-25)28(35)31-29-32(16-17-38-4)26-15-12-24(30-21(3)34)18-27(26)39-29/h5-15,18,20H,16-17,19H2,1-4H3,(H,30,34). The van der Waals surface area contributed by atoms with E-state index in [4.69, 9.17) is 4.74 Å². The number of anilines is 1. The molecule has 40 heavy (non-hydrogen) atoms. The summed E-state index contributed by atoms with van der Waals surface area (Å²) in [6.07, 6.45) is 0. The fourth-order valence-electron chi connectivity index (χ4n) is 4.20. The quantitative estimate of drug-likeness (QED) is 0.294. The zero-order chi connectivity index (χ0) is 28.9. The number of hydrogen-bond acceptors (Lipinski definition) is 6. The summed E-state index contributed by atoms with van der Waals surface area (Å²) in [5.74, 6) is -0.668. The third-order valence-corrected chi connectivity index (χ3v) is 9.26. The zero-order valence-electron chi connectivity index (χ0n) is 22.8. The molecule has 9 nitrogen and oxygen atoms in total. The van der Waals surface area contributed by atoms with Crippen molar-refractivity contribution in [1.29, 1.82) is 0 Å². The normalized spacial score (nSPS) is 12.4. The smallest absolute Gasteiger partial charge is 0.279 e. The lowest BCUT2D eigenvalue weighted by Crippen LogP contribution is -2.36. The van der Waals surface area contributed by atoms with E-state index >= 15 is 0 Å². The minimum absolute atomic E-state index is 0.108. The van der Waals surface area contributed by atoms with E-state index in [1.165, 1.54) is 46.8 Å². The van der Waals surface area contributed by atoms with E-state index in [-0.39, 0.29) is 29.0 Å². The molecule has 4 rings (SSSR count). The van der Waals surface area contributed by atoms with Crippen LogP contribution in [0.4, 0.5) is 5.69 Å². The average Bonchev–Trinajstić information content (AvgIpc) is 3.26. The second kappa shape index (κ2) is 12.7. The predicted octanol–water partition coefficient (Wildman–Crippen LogP) is 4.65. The molecule has 0 aliphatic heterocycles. The number of nitrogens with one attached hydrogen (secondary N) is 1. The first kappa shape index (κ1) is 29.3. The molecule has 0 radical (unpaired) electrons. The molecule has 210 valence electrons. The molecule has 2 amide bonds. The van der Waals surface area contributed by atoms with Crippen LogP contribution >= 0.6 is 11.3 Å². The van der Waals surface area contributed by atoms with Gasteiger partial charge in [0, 0.05) is 44.4 Å². The van der Waals surface area contributed by atoms with E-state index in [2.05, 4.69) is 10.3 Å². The van der Waals surface area contributed by atoms with Gasteiger partial charge < -0.3 is 14.6 Å². The number of aromatic nitrogens is 1. The van der Waals surface area contributed by atoms with Crippen LogP contribution in [0.15, 0.2) is 82.7 Å². The number of rotatable bonds is 10. The summed E-state index contributed by atoms with van der Waals surface area (Å²) in [6, 6.07) is 20.5. The third-order valence-electron chi connectivity index (χ3n) is 6.18. The Labute approximate surface area is 237 Å². The molecular weight excluding hydrogens is 548 g/mol. The van der Waals surface area contributed by atoms with Crippen LogP contribution in [-0.4, -0.2) is 48.9 Å². The SMILES string of the molecule is COCCn1c(=NC(=O)c2ccc(S(=O)(=O)N(Cc3ccccc3)C(C)C)cc2)sc2cc(NC(C)=O)ccc21. The molecule has 1 heterocycles. The molecule has 3 aromatic carbocycles. The summed E-state index contributed by atoms with van der Waals surface area (Å²) in [6.45, 7) is 6.25. The second-order valence-electron chi connectivity index (χ2n) is 9.46. The van der Waals surface area contributed by atoms with E-state index < -0.39 is 15.9 Å². The van der Waals surface area contributed by atoms with Gasteiger partial charge in [-0.3, -0.25) is 9.59 Å². The van der Waals surface area contributed by atoms with Crippen LogP contribution in [0.3, 0.4) is 0 Å². The van der Waals surface area contributed by atoms with Crippen molar-refractivity contribution in [2.24, 2.45) is 4.99 Å². The van der Waals surface area contributed by atoms with Gasteiger partial charge in [0.05, 0.1) is 21.7 Å². The van der Waals surface area contributed by atoms with E-state index in [9.17, 15) is 18.0 Å². The van der Waals surface area contributed by atoms with Crippen LogP contribution in [0.25, 0.3) is 10.2 Å². The number of methoxy groups -OCH3 is 1. The number of thiazole rings is 1. The second-order valence-corrected chi connectivity index (χ2v) is 12.4. The summed E-state index contributed by atoms with van der Waals surface area (Å²) >= 11 is 1.32. The van der Waals surface area contributed by atoms with Crippen LogP contribution in [0.5, 0.6) is 0 Å². The summed E-state index contributed by atoms with van der Waals surface area (Å²) in [4.78, 5) is 29.6. The van der Waals surface area contributed by atoms with Crippen LogP contribution in [-0.2, 0) is 32.6 Å². The number of nitrogens with zero attached hydrogens (tertiary/aromatic N) is 3. The maximum absolute atomic E-state index is 13.5. The minimum atomic E-state index is -3.80. The fraction of sp³-hybridized carbons (Fsp3) is 0.276. The average molecular weight is 581 g/mol. The Hall–Kier alpha value is -3.64. The van der Waals surface area contributed by atoms with E-state index in [0.717, 1.165) is 15.8 Å². The van der Waals surface area contributed by atoms with Gasteiger partial charge in [0.1, 0.15) is 0 Å². The number of fused-ring (bicyclic) bond motifs is 1. The molecule has 0 bridgehead atoms. The maximum atomic E-state index is 13.5. The van der Waals surface area contributed by atoms with Gasteiger partial charge in [-0.2, -0.15) is 9.30 Å². The first-order chi connectivity index (χ1) is 19.1. The van der Waals surface area contributed by atoms with E-state index in [0.29, 0.717) is 23.6 Å². The largest absolute Gasteiger partial charge is 0.383 e. The van der Waals surface area contributed by atoms with Gasteiger partial charge in [0.15, 0.2) is 4.80 Å². The van der Waals surface area contributed by atoms with Gasteiger partial charge in [-0.1, -0.05) is 41.7 Å². The Bertz CT molecular complexity index is 1680. The van der Waals surface area contributed by atoms with Gasteiger partial charge in [0.2, 0.25) is 15.9 Å². The van der Waals surface area contributed by atoms with Crippen molar-refractivity contribution < 1.29 is 22.7 Å². The number of hydrogen-bond donors (Lipinski definition) is 1. The molecule has 0 aliphatic carbocycles. The number of amides is 2. The van der Waals surface area contributed by atoms with Gasteiger partial charge in [0.25, 0.3) is 5.91 Å². The fourth-order valence-corrected chi connectivity index (χ4v) is 6.92. The monoisotopic (exact) mass is 580 g/mol. The summed E-state index contributed by atoms with van der Waals surface area (Å²) in [5, 5.41) is 2.76. The van der Waals surface area contributed by atoms with Crippen LogP contribution < -0.4 is 10.1 Å². The Morgan fingerprint density at radius 3 is 2.38 bits per heavy atom. The molecule has 0 unspecified atom stereocenters. The molecule has 0 saturated heterocycles. The lowest BCUT2D eigenvalue weighted by atomic mass is 10.2. The number of carbonyl (C=O) groups excluding carboxylic acids is 2. The van der Waals surface area contributed by atoms with Crippen molar-refractivity contribution in [3.05, 3.63) is 88.7 Å². The lowest BCUT2D eigenvalue weighted by molar-refractivity contribution is -0.114. The van der Waals surface area contributed by atoms with Gasteiger partial charge in [-0.25, -0.2) is 8.42 Å². The van der Waals surface area contributed by atoms with Gasteiger partial charge in [-0.05, 0) is 61.9 Å². The van der Waals surface area contributed by atoms with Gasteiger partial charge in [-0.15, -0.1) is 0 Å². The van der Waals surface area contributed by atoms with E-state index in [1.54, 1.807) is 13.2 Å². The molecule has 0 fully saturated rings. The maximum Gasteiger partial charge on any atom is 0.279 e. The molecule has 0 saturated carbocycles. The molecule has 1 aromatic heterocycles. The van der Waals surface area contributed by atoms with Crippen LogP contribution in [0, 0.1) is 0 Å². The van der Waals surface area contributed by atoms with Crippen molar-refractivity contribution >= 4 is 49.1 Å². The lowest BCUT2D eigenvalue weighted by Gasteiger charge is -2.26. The van der Waals surface area contributed by atoms with Crippen molar-refractivity contribution in [3.63, 3.8) is 0 Å². The summed E-state index contributed by atoms with van der Waals surface area (Å²) < 4.78 is 36.4. The summed E-state index contributed by atoms with van der Waals surface area (Å²) in [7, 11) is -2.20. The Kier molecular flexibility index (Phi) is 9.31. The summed E-state index contributed by atoms with van der Waals surface area (Å²) in [5.41, 5.74) is 2.67. The van der Waals surface area contributed by atoms with Crippen molar-refractivity contribution in [1.82, 2.24) is 8.87 Å². The molecule has 1 N–H and O–H groups in total. The number of benzene rings is 3. The molecular formula is C29H32N4O5S2. The van der Waals surface area contributed by atoms with Gasteiger partial charge >= 0.3 is 0 Å². The van der Waals surface area contributed by atoms with Crippen molar-refractivity contribution in [2.75, 3.05) is 19.0 Å². The third kappa shape index (κ3) is 6.73. The van der Waals surface area contributed by atoms with E-state index in [1.807, 2.05) is 60.9 Å². The number of sulfonamides is 1. The first-order valence-electron chi connectivity index (χ1n) is 12.7. The highest BCUT2D eigenvalue weighted by atomic mass is 32.2. The zero-order valence-corrected chi connectivity index (χ0v) is 24.5. The predicted molar refractivity (Wildman–Crippen MR) is 157 cm³/mol. The highest BCUT2D eigenvalue weighted by Gasteiger charge is 2.27. The molecule has 11 heteroatoms. The Morgan fingerprint density at radius 2 is 1.75 bits per heavy atom. The Balaban J connectivity index is 1.64. The number of ether oxygens (including phenoxy) is 1. The van der Waals surface area contributed by atoms with Crippen LogP contribution in [0.1, 0.15) is 36.7 Å². The first-order valence-corrected chi connectivity index (χ1v) is 15.0. The highest BCUT2D eigenvalue weighted by molar-refractivity contribution is 7.89. The highest BCUT2D eigenvalue weighted by Crippen LogP contribution is 2.24. The minimum Gasteiger partial charge on any atom is -0.383 e. The number of carbonyl (C=O) groups is 2. The molecule has 4 aromatic rings. The van der Waals surface area contributed by atoms with Crippen molar-refractivity contribution in [3.8, 4) is 0 Å². The Morgan fingerprint density at radius 1 is 1.05 bits per heavy atom. The van der Waals surface area contributed by atoms with Crippen LogP contribution in [0.2, 0.25) is 0 Å². The topological polar surface area (TPSA) is 110 Å². The van der Waals surface area contributed by atoms with Crippen molar-refractivity contribution in [2.45, 2.75) is 44.8 Å². The molecule has 0 spiro atoms. The molecule has 0 aliphatic rings.